The molecule has 0 amide bonds. The maximum atomic E-state index is 10.8. The highest BCUT2D eigenvalue weighted by Crippen LogP contribution is 2.37. The van der Waals surface area contributed by atoms with Gasteiger partial charge in [0.1, 0.15) is 6.04 Å². The number of ether oxygens (including phenoxy) is 2. The Kier molecular flexibility index (Phi) is 6.78. The van der Waals surface area contributed by atoms with E-state index in [1.807, 2.05) is 26.8 Å². The Morgan fingerprint density at radius 2 is 2.05 bits per heavy atom. The van der Waals surface area contributed by atoms with Gasteiger partial charge in [0, 0.05) is 6.54 Å². The lowest BCUT2D eigenvalue weighted by molar-refractivity contribution is -0.139. The number of hydrogen-bond donors (Lipinski definition) is 2. The van der Waals surface area contributed by atoms with E-state index < -0.39 is 12.0 Å². The van der Waals surface area contributed by atoms with Crippen LogP contribution in [0.2, 0.25) is 5.02 Å². The summed E-state index contributed by atoms with van der Waals surface area (Å²) in [5.41, 5.74) is 0.840. The first-order valence-electron chi connectivity index (χ1n) is 6.93. The van der Waals surface area contributed by atoms with E-state index in [2.05, 4.69) is 5.32 Å². The SMILES string of the molecule is CCOc1cc(CNC(C)C(=O)O)cc(Cl)c1OC(C)C. The van der Waals surface area contributed by atoms with Crippen LogP contribution in [0.25, 0.3) is 0 Å². The van der Waals surface area contributed by atoms with Crippen LogP contribution in [-0.2, 0) is 11.3 Å². The average Bonchev–Trinajstić information content (AvgIpc) is 2.39. The van der Waals surface area contributed by atoms with Gasteiger partial charge in [-0.2, -0.15) is 0 Å². The van der Waals surface area contributed by atoms with Gasteiger partial charge in [-0.05, 0) is 45.4 Å². The van der Waals surface area contributed by atoms with Crippen LogP contribution in [0.4, 0.5) is 0 Å². The van der Waals surface area contributed by atoms with Crippen molar-refractivity contribution in [3.8, 4) is 11.5 Å². The van der Waals surface area contributed by atoms with E-state index in [-0.39, 0.29) is 6.10 Å². The molecule has 0 bridgehead atoms. The summed E-state index contributed by atoms with van der Waals surface area (Å²) in [5, 5.41) is 12.2. The van der Waals surface area contributed by atoms with Gasteiger partial charge in [-0.25, -0.2) is 0 Å². The highest BCUT2D eigenvalue weighted by atomic mass is 35.5. The number of carboxylic acids is 1. The average molecular weight is 316 g/mol. The van der Waals surface area contributed by atoms with Crippen LogP contribution < -0.4 is 14.8 Å². The Morgan fingerprint density at radius 3 is 2.57 bits per heavy atom. The molecule has 118 valence electrons. The lowest BCUT2D eigenvalue weighted by Crippen LogP contribution is -2.33. The molecule has 2 N–H and O–H groups in total. The number of nitrogens with one attached hydrogen (secondary N) is 1. The van der Waals surface area contributed by atoms with Crippen LogP contribution in [0.1, 0.15) is 33.3 Å². The minimum Gasteiger partial charge on any atom is -0.490 e. The van der Waals surface area contributed by atoms with E-state index in [4.69, 9.17) is 26.2 Å². The third kappa shape index (κ3) is 5.44. The van der Waals surface area contributed by atoms with Gasteiger partial charge in [-0.15, -0.1) is 0 Å². The van der Waals surface area contributed by atoms with Gasteiger partial charge in [0.25, 0.3) is 0 Å². The summed E-state index contributed by atoms with van der Waals surface area (Å²) >= 11 is 6.24. The lowest BCUT2D eigenvalue weighted by atomic mass is 10.2. The molecule has 0 fully saturated rings. The molecular formula is C15H22ClNO4. The van der Waals surface area contributed by atoms with Gasteiger partial charge in [0.15, 0.2) is 11.5 Å². The first-order valence-corrected chi connectivity index (χ1v) is 7.31. The summed E-state index contributed by atoms with van der Waals surface area (Å²) in [7, 11) is 0. The molecule has 0 spiro atoms. The van der Waals surface area contributed by atoms with Crippen molar-refractivity contribution in [3.63, 3.8) is 0 Å². The largest absolute Gasteiger partial charge is 0.490 e. The first-order chi connectivity index (χ1) is 9.85. The van der Waals surface area contributed by atoms with Crippen molar-refractivity contribution in [1.29, 1.82) is 0 Å². The Morgan fingerprint density at radius 1 is 1.38 bits per heavy atom. The summed E-state index contributed by atoms with van der Waals surface area (Å²) in [4.78, 5) is 10.8. The molecule has 1 aromatic rings. The van der Waals surface area contributed by atoms with E-state index >= 15 is 0 Å². The standard InChI is InChI=1S/C15H22ClNO4/c1-5-20-13-7-11(8-17-10(4)15(18)19)6-12(16)14(13)21-9(2)3/h6-7,9-10,17H,5,8H2,1-4H3,(H,18,19). The number of hydrogen-bond acceptors (Lipinski definition) is 4. The van der Waals surface area contributed by atoms with Crippen LogP contribution in [0.3, 0.4) is 0 Å². The van der Waals surface area contributed by atoms with Crippen molar-refractivity contribution in [1.82, 2.24) is 5.32 Å². The monoisotopic (exact) mass is 315 g/mol. The Hall–Kier alpha value is -1.46. The normalized spacial score (nSPS) is 12.3. The van der Waals surface area contributed by atoms with Crippen molar-refractivity contribution in [3.05, 3.63) is 22.7 Å². The highest BCUT2D eigenvalue weighted by Gasteiger charge is 2.15. The Balaban J connectivity index is 2.94. The van der Waals surface area contributed by atoms with E-state index in [9.17, 15) is 4.79 Å². The van der Waals surface area contributed by atoms with Gasteiger partial charge in [0.2, 0.25) is 0 Å². The van der Waals surface area contributed by atoms with E-state index in [0.29, 0.717) is 29.7 Å². The first kappa shape index (κ1) is 17.6. The van der Waals surface area contributed by atoms with Crippen molar-refractivity contribution >= 4 is 17.6 Å². The second kappa shape index (κ2) is 8.10. The quantitative estimate of drug-likeness (QED) is 0.771. The molecule has 0 aliphatic rings. The third-order valence-corrected chi connectivity index (χ3v) is 2.99. The van der Waals surface area contributed by atoms with Crippen LogP contribution in [0.5, 0.6) is 11.5 Å². The molecule has 0 radical (unpaired) electrons. The van der Waals surface area contributed by atoms with Crippen LogP contribution in [0, 0.1) is 0 Å². The van der Waals surface area contributed by atoms with Gasteiger partial charge < -0.3 is 19.9 Å². The second-order valence-corrected chi connectivity index (χ2v) is 5.35. The van der Waals surface area contributed by atoms with Crippen molar-refractivity contribution in [2.24, 2.45) is 0 Å². The third-order valence-electron chi connectivity index (χ3n) is 2.71. The molecule has 1 atom stereocenters. The molecule has 5 nitrogen and oxygen atoms in total. The predicted octanol–water partition coefficient (Wildman–Crippen LogP) is 3.09. The Labute approximate surface area is 130 Å². The molecule has 0 aromatic heterocycles. The maximum absolute atomic E-state index is 10.8. The zero-order chi connectivity index (χ0) is 16.0. The zero-order valence-corrected chi connectivity index (χ0v) is 13.5. The van der Waals surface area contributed by atoms with Crippen LogP contribution >= 0.6 is 11.6 Å². The molecule has 6 heteroatoms. The number of carboxylic acid groups (broad SMARTS) is 1. The molecule has 0 heterocycles. The molecule has 1 unspecified atom stereocenters. The van der Waals surface area contributed by atoms with Crippen molar-refractivity contribution in [2.75, 3.05) is 6.61 Å². The fourth-order valence-corrected chi connectivity index (χ4v) is 1.97. The van der Waals surface area contributed by atoms with Gasteiger partial charge in [-0.1, -0.05) is 11.6 Å². The Bertz CT molecular complexity index is 491. The highest BCUT2D eigenvalue weighted by molar-refractivity contribution is 6.32. The number of benzene rings is 1. The summed E-state index contributed by atoms with van der Waals surface area (Å²) < 4.78 is 11.2. The van der Waals surface area contributed by atoms with Gasteiger partial charge in [0.05, 0.1) is 17.7 Å². The molecule has 1 aromatic carbocycles. The number of halogens is 1. The topological polar surface area (TPSA) is 67.8 Å². The molecule has 0 saturated carbocycles. The molecule has 0 aliphatic carbocycles. The fraction of sp³-hybridized carbons (Fsp3) is 0.533. The van der Waals surface area contributed by atoms with Gasteiger partial charge in [-0.3, -0.25) is 4.79 Å². The summed E-state index contributed by atoms with van der Waals surface area (Å²) in [5.74, 6) is 0.188. The van der Waals surface area contributed by atoms with E-state index in [1.54, 1.807) is 13.0 Å². The van der Waals surface area contributed by atoms with Crippen LogP contribution in [-0.4, -0.2) is 29.8 Å². The smallest absolute Gasteiger partial charge is 0.320 e. The number of aliphatic carboxylic acids is 1. The summed E-state index contributed by atoms with van der Waals surface area (Å²) in [6.45, 7) is 8.17. The second-order valence-electron chi connectivity index (χ2n) is 4.95. The minimum atomic E-state index is -0.897. The molecular weight excluding hydrogens is 294 g/mol. The maximum Gasteiger partial charge on any atom is 0.320 e. The number of carbonyl (C=O) groups is 1. The fourth-order valence-electron chi connectivity index (χ4n) is 1.69. The molecule has 0 saturated heterocycles. The van der Waals surface area contributed by atoms with Gasteiger partial charge >= 0.3 is 5.97 Å². The van der Waals surface area contributed by atoms with Crippen molar-refractivity contribution in [2.45, 2.75) is 46.4 Å². The minimum absolute atomic E-state index is 0.0160. The molecule has 1 rings (SSSR count). The number of rotatable bonds is 8. The predicted molar refractivity (Wildman–Crippen MR) is 82.3 cm³/mol. The molecule has 0 aliphatic heterocycles. The summed E-state index contributed by atoms with van der Waals surface area (Å²) in [6, 6.07) is 2.93. The molecule has 21 heavy (non-hydrogen) atoms. The van der Waals surface area contributed by atoms with E-state index in [1.165, 1.54) is 0 Å². The van der Waals surface area contributed by atoms with E-state index in [0.717, 1.165) is 5.56 Å². The van der Waals surface area contributed by atoms with Crippen LogP contribution in [0.15, 0.2) is 12.1 Å². The van der Waals surface area contributed by atoms with Crippen molar-refractivity contribution < 1.29 is 19.4 Å². The summed E-state index contributed by atoms with van der Waals surface area (Å²) in [6.07, 6.45) is -0.0160. The zero-order valence-electron chi connectivity index (χ0n) is 12.8. The lowest BCUT2D eigenvalue weighted by Gasteiger charge is -2.18.